The van der Waals surface area contributed by atoms with Crippen LogP contribution in [0, 0.1) is 0 Å². The van der Waals surface area contributed by atoms with Crippen LogP contribution in [0.5, 0.6) is 0 Å². The highest BCUT2D eigenvalue weighted by molar-refractivity contribution is 8.25. The summed E-state index contributed by atoms with van der Waals surface area (Å²) in [5.41, 5.74) is 0.861. The smallest absolute Gasteiger partial charge is 0.245 e. The van der Waals surface area contributed by atoms with E-state index in [0.717, 1.165) is 5.69 Å². The third-order valence-corrected chi connectivity index (χ3v) is 3.45. The van der Waals surface area contributed by atoms with Crippen molar-refractivity contribution in [3.63, 3.8) is 0 Å². The number of hydrogen-bond donors (Lipinski definition) is 0. The zero-order valence-electron chi connectivity index (χ0n) is 7.64. The normalized spacial score (nSPS) is 21.8. The lowest BCUT2D eigenvalue weighted by Gasteiger charge is -2.14. The maximum Gasteiger partial charge on any atom is 0.245 e. The highest BCUT2D eigenvalue weighted by Crippen LogP contribution is 2.31. The third-order valence-electron chi connectivity index (χ3n) is 2.04. The molecule has 0 aliphatic carbocycles. The van der Waals surface area contributed by atoms with Crippen molar-refractivity contribution >= 4 is 39.9 Å². The third kappa shape index (κ3) is 1.55. The van der Waals surface area contributed by atoms with Gasteiger partial charge in [0.05, 0.1) is 10.9 Å². The zero-order chi connectivity index (χ0) is 10.1. The first-order valence-electron chi connectivity index (χ1n) is 4.30. The number of amides is 1. The molecule has 1 aliphatic rings. The lowest BCUT2D eigenvalue weighted by molar-refractivity contribution is -0.116. The van der Waals surface area contributed by atoms with Gasteiger partial charge in [0.2, 0.25) is 5.91 Å². The molecular formula is C10H9NOS2. The Morgan fingerprint density at radius 1 is 1.36 bits per heavy atom. The molecule has 14 heavy (non-hydrogen) atoms. The number of benzene rings is 1. The topological polar surface area (TPSA) is 20.3 Å². The summed E-state index contributed by atoms with van der Waals surface area (Å²) in [6.45, 7) is 1.88. The van der Waals surface area contributed by atoms with E-state index in [4.69, 9.17) is 12.2 Å². The molecule has 0 spiro atoms. The van der Waals surface area contributed by atoms with Crippen molar-refractivity contribution in [1.82, 2.24) is 0 Å². The molecule has 1 aromatic rings. The van der Waals surface area contributed by atoms with Gasteiger partial charge in [-0.3, -0.25) is 9.69 Å². The number of carbonyl (C=O) groups excluding carboxylic acids is 1. The predicted molar refractivity (Wildman–Crippen MR) is 63.6 cm³/mol. The molecule has 2 nitrogen and oxygen atoms in total. The van der Waals surface area contributed by atoms with Crippen LogP contribution in [0.25, 0.3) is 0 Å². The van der Waals surface area contributed by atoms with Gasteiger partial charge in [-0.15, -0.1) is 0 Å². The molecule has 0 N–H and O–H groups in total. The Hall–Kier alpha value is -0.870. The second-order valence-electron chi connectivity index (χ2n) is 3.04. The van der Waals surface area contributed by atoms with Gasteiger partial charge in [-0.05, 0) is 19.1 Å². The highest BCUT2D eigenvalue weighted by Gasteiger charge is 2.34. The summed E-state index contributed by atoms with van der Waals surface area (Å²) in [6, 6.07) is 9.51. The van der Waals surface area contributed by atoms with Crippen LogP contribution >= 0.6 is 24.0 Å². The second kappa shape index (κ2) is 3.71. The summed E-state index contributed by atoms with van der Waals surface area (Å²) in [5.74, 6) is 0.0752. The molecule has 72 valence electrons. The Labute approximate surface area is 92.3 Å². The Morgan fingerprint density at radius 2 is 2.00 bits per heavy atom. The first kappa shape index (κ1) is 9.68. The Morgan fingerprint density at radius 3 is 2.50 bits per heavy atom. The molecule has 0 aromatic heterocycles. The summed E-state index contributed by atoms with van der Waals surface area (Å²) < 4.78 is 0.647. The minimum absolute atomic E-state index is 0.0530. The van der Waals surface area contributed by atoms with E-state index in [-0.39, 0.29) is 11.2 Å². The van der Waals surface area contributed by atoms with Crippen LogP contribution in [0.4, 0.5) is 5.69 Å². The average molecular weight is 223 g/mol. The standard InChI is InChI=1S/C10H9NOS2/c1-7-9(12)11(10(13)14-7)8-5-3-2-4-6-8/h2-7H,1H3. The number of thioether (sulfide) groups is 1. The first-order valence-corrected chi connectivity index (χ1v) is 5.58. The van der Waals surface area contributed by atoms with Crippen LogP contribution in [0.1, 0.15) is 6.92 Å². The largest absolute Gasteiger partial charge is 0.273 e. The summed E-state index contributed by atoms with van der Waals surface area (Å²) in [4.78, 5) is 13.3. The lowest BCUT2D eigenvalue weighted by atomic mass is 10.3. The maximum atomic E-state index is 11.7. The van der Waals surface area contributed by atoms with Crippen LogP contribution in [-0.2, 0) is 4.79 Å². The molecule has 1 aliphatic heterocycles. The summed E-state index contributed by atoms with van der Waals surface area (Å²) in [7, 11) is 0. The lowest BCUT2D eigenvalue weighted by Crippen LogP contribution is -2.30. The molecular weight excluding hydrogens is 214 g/mol. The molecule has 0 radical (unpaired) electrons. The van der Waals surface area contributed by atoms with Gasteiger partial charge >= 0.3 is 0 Å². The van der Waals surface area contributed by atoms with Crippen LogP contribution in [0.15, 0.2) is 30.3 Å². The quantitative estimate of drug-likeness (QED) is 0.682. The number of rotatable bonds is 1. The van der Waals surface area contributed by atoms with E-state index in [9.17, 15) is 4.79 Å². The molecule has 1 atom stereocenters. The summed E-state index contributed by atoms with van der Waals surface area (Å²) in [6.07, 6.45) is 0. The Kier molecular flexibility index (Phi) is 2.56. The fourth-order valence-corrected chi connectivity index (χ4v) is 2.77. The van der Waals surface area contributed by atoms with Gasteiger partial charge in [0, 0.05) is 0 Å². The maximum absolute atomic E-state index is 11.7. The molecule has 1 aromatic carbocycles. The fraction of sp³-hybridized carbons (Fsp3) is 0.200. The van der Waals surface area contributed by atoms with Crippen molar-refractivity contribution < 1.29 is 4.79 Å². The zero-order valence-corrected chi connectivity index (χ0v) is 9.27. The number of anilines is 1. The van der Waals surface area contributed by atoms with Crippen LogP contribution in [0.2, 0.25) is 0 Å². The van der Waals surface area contributed by atoms with E-state index in [2.05, 4.69) is 0 Å². The molecule has 0 saturated carbocycles. The van der Waals surface area contributed by atoms with Crippen molar-refractivity contribution in [2.75, 3.05) is 4.90 Å². The Bertz CT molecular complexity index is 377. The number of carbonyl (C=O) groups is 1. The number of thiocarbonyl (C=S) groups is 1. The molecule has 1 unspecified atom stereocenters. The molecule has 1 saturated heterocycles. The monoisotopic (exact) mass is 223 g/mol. The number of nitrogens with zero attached hydrogens (tertiary/aromatic N) is 1. The van der Waals surface area contributed by atoms with Gasteiger partial charge in [0.15, 0.2) is 0 Å². The van der Waals surface area contributed by atoms with Gasteiger partial charge in [0.1, 0.15) is 4.32 Å². The van der Waals surface area contributed by atoms with Gasteiger partial charge in [-0.25, -0.2) is 0 Å². The van der Waals surface area contributed by atoms with E-state index in [1.54, 1.807) is 4.90 Å². The predicted octanol–water partition coefficient (Wildman–Crippen LogP) is 2.44. The van der Waals surface area contributed by atoms with Crippen molar-refractivity contribution in [1.29, 1.82) is 0 Å². The van der Waals surface area contributed by atoms with Crippen molar-refractivity contribution in [2.45, 2.75) is 12.2 Å². The molecule has 1 heterocycles. The molecule has 1 amide bonds. The summed E-state index contributed by atoms with van der Waals surface area (Å²) >= 11 is 6.58. The highest BCUT2D eigenvalue weighted by atomic mass is 32.2. The van der Waals surface area contributed by atoms with Gasteiger partial charge < -0.3 is 0 Å². The van der Waals surface area contributed by atoms with Gasteiger partial charge in [0.25, 0.3) is 0 Å². The van der Waals surface area contributed by atoms with Crippen molar-refractivity contribution in [3.05, 3.63) is 30.3 Å². The summed E-state index contributed by atoms with van der Waals surface area (Å²) in [5, 5.41) is -0.0530. The van der Waals surface area contributed by atoms with Crippen molar-refractivity contribution in [2.24, 2.45) is 0 Å². The van der Waals surface area contributed by atoms with E-state index in [1.807, 2.05) is 37.3 Å². The van der Waals surface area contributed by atoms with E-state index in [1.165, 1.54) is 11.8 Å². The van der Waals surface area contributed by atoms with E-state index >= 15 is 0 Å². The number of hydrogen-bond acceptors (Lipinski definition) is 3. The average Bonchev–Trinajstić information content (AvgIpc) is 2.43. The van der Waals surface area contributed by atoms with E-state index < -0.39 is 0 Å². The molecule has 0 bridgehead atoms. The van der Waals surface area contributed by atoms with Crippen LogP contribution in [-0.4, -0.2) is 15.5 Å². The van der Waals surface area contributed by atoms with E-state index in [0.29, 0.717) is 4.32 Å². The van der Waals surface area contributed by atoms with Gasteiger partial charge in [-0.2, -0.15) is 0 Å². The van der Waals surface area contributed by atoms with Crippen molar-refractivity contribution in [3.8, 4) is 0 Å². The van der Waals surface area contributed by atoms with Gasteiger partial charge in [-0.1, -0.05) is 42.2 Å². The molecule has 1 fully saturated rings. The van der Waals surface area contributed by atoms with Crippen LogP contribution in [0.3, 0.4) is 0 Å². The second-order valence-corrected chi connectivity index (χ2v) is 5.01. The molecule has 2 rings (SSSR count). The fourth-order valence-electron chi connectivity index (χ4n) is 1.34. The minimum atomic E-state index is -0.0530. The van der Waals surface area contributed by atoms with Crippen LogP contribution < -0.4 is 4.90 Å². The molecule has 4 heteroatoms. The number of para-hydroxylation sites is 1. The minimum Gasteiger partial charge on any atom is -0.273 e. The SMILES string of the molecule is CC1SC(=S)N(c2ccccc2)C1=O. The Balaban J connectivity index is 2.36. The first-order chi connectivity index (χ1) is 6.70.